The van der Waals surface area contributed by atoms with Crippen LogP contribution in [0, 0.1) is 10.1 Å². The number of hydrogen-bond donors (Lipinski definition) is 1. The number of fused-ring (bicyclic) bond motifs is 1. The molecule has 0 aliphatic heterocycles. The zero-order chi connectivity index (χ0) is 12.5. The molecule has 18 heavy (non-hydrogen) atoms. The summed E-state index contributed by atoms with van der Waals surface area (Å²) in [5.41, 5.74) is 1.49. The molecule has 2 N–H and O–H groups in total. The molecule has 90 valence electrons. The Morgan fingerprint density at radius 2 is 2.39 bits per heavy atom. The van der Waals surface area contributed by atoms with E-state index in [1.165, 1.54) is 18.0 Å². The van der Waals surface area contributed by atoms with Crippen LogP contribution in [-0.4, -0.2) is 19.9 Å². The van der Waals surface area contributed by atoms with Gasteiger partial charge in [0.1, 0.15) is 0 Å². The van der Waals surface area contributed by atoms with Crippen LogP contribution in [0.1, 0.15) is 0 Å². The standard InChI is InChI=1S/C9H5N5O2S2/c15-14(16)7-3-11-9(18-7)17-5-1-6-8(10-2-5)13-4-12-6/h1-4H,(H,10,12,13)/p+1. The highest BCUT2D eigenvalue weighted by Gasteiger charge is 2.18. The molecule has 3 heterocycles. The van der Waals surface area contributed by atoms with E-state index in [1.807, 2.05) is 6.07 Å². The molecule has 9 heteroatoms. The molecule has 0 saturated heterocycles. The van der Waals surface area contributed by atoms with Crippen LogP contribution >= 0.6 is 23.1 Å². The minimum Gasteiger partial charge on any atom is -0.343 e. The number of nitrogens with one attached hydrogen (secondary N) is 2. The maximum Gasteiger partial charge on any atom is 0.393 e. The number of rotatable bonds is 3. The number of imidazole rings is 1. The van der Waals surface area contributed by atoms with Crippen molar-refractivity contribution in [2.75, 3.05) is 0 Å². The van der Waals surface area contributed by atoms with Gasteiger partial charge in [-0.2, -0.15) is 4.98 Å². The van der Waals surface area contributed by atoms with Gasteiger partial charge in [-0.15, -0.1) is 0 Å². The average Bonchev–Trinajstić information content (AvgIpc) is 2.96. The van der Waals surface area contributed by atoms with Gasteiger partial charge < -0.3 is 4.98 Å². The van der Waals surface area contributed by atoms with Gasteiger partial charge in [0, 0.05) is 22.4 Å². The summed E-state index contributed by atoms with van der Waals surface area (Å²) in [4.78, 5) is 25.1. The molecule has 0 fully saturated rings. The number of aromatic nitrogens is 4. The van der Waals surface area contributed by atoms with Crippen LogP contribution in [0.3, 0.4) is 0 Å². The predicted octanol–water partition coefficient (Wildman–Crippen LogP) is 1.89. The van der Waals surface area contributed by atoms with Crippen molar-refractivity contribution in [2.45, 2.75) is 9.24 Å². The van der Waals surface area contributed by atoms with Gasteiger partial charge in [0.05, 0.1) is 16.8 Å². The predicted molar refractivity (Wildman–Crippen MR) is 65.5 cm³/mol. The monoisotopic (exact) mass is 280 g/mol. The summed E-state index contributed by atoms with van der Waals surface area (Å²) in [6, 6.07) is 1.90. The van der Waals surface area contributed by atoms with E-state index < -0.39 is 4.92 Å². The molecular weight excluding hydrogens is 274 g/mol. The Hall–Kier alpha value is -2.00. The number of H-pyrrole nitrogens is 2. The van der Waals surface area contributed by atoms with E-state index in [1.54, 1.807) is 12.5 Å². The first-order valence-electron chi connectivity index (χ1n) is 4.85. The Kier molecular flexibility index (Phi) is 2.68. The molecule has 0 spiro atoms. The van der Waals surface area contributed by atoms with Gasteiger partial charge in [0.25, 0.3) is 6.20 Å². The smallest absolute Gasteiger partial charge is 0.343 e. The number of nitro groups is 1. The fourth-order valence-electron chi connectivity index (χ4n) is 1.39. The number of thiazole rings is 1. The highest BCUT2D eigenvalue weighted by atomic mass is 32.2. The van der Waals surface area contributed by atoms with Gasteiger partial charge in [-0.1, -0.05) is 0 Å². The second-order valence-corrected chi connectivity index (χ2v) is 5.69. The zero-order valence-corrected chi connectivity index (χ0v) is 10.4. The van der Waals surface area contributed by atoms with Crippen molar-refractivity contribution in [3.05, 3.63) is 34.9 Å². The van der Waals surface area contributed by atoms with Gasteiger partial charge in [-0.05, 0) is 17.8 Å². The SMILES string of the molecule is O=[N+]([O-])c1c[nH+]c(Sc2cnc3nc[nH]c3c2)s1. The molecule has 0 bridgehead atoms. The number of nitrogens with zero attached hydrogens (tertiary/aromatic N) is 3. The van der Waals surface area contributed by atoms with E-state index in [4.69, 9.17) is 0 Å². The average molecular weight is 280 g/mol. The highest BCUT2D eigenvalue weighted by Crippen LogP contribution is 2.32. The summed E-state index contributed by atoms with van der Waals surface area (Å²) in [5, 5.41) is 10.7. The molecule has 3 aromatic heterocycles. The van der Waals surface area contributed by atoms with E-state index in [-0.39, 0.29) is 5.00 Å². The summed E-state index contributed by atoms with van der Waals surface area (Å²) < 4.78 is 0.738. The summed E-state index contributed by atoms with van der Waals surface area (Å²) in [5.74, 6) is 0. The van der Waals surface area contributed by atoms with E-state index in [9.17, 15) is 10.1 Å². The molecule has 3 rings (SSSR count). The van der Waals surface area contributed by atoms with Crippen LogP contribution in [0.15, 0.2) is 34.0 Å². The molecule has 0 aromatic carbocycles. The van der Waals surface area contributed by atoms with Crippen molar-refractivity contribution in [1.29, 1.82) is 0 Å². The van der Waals surface area contributed by atoms with Crippen LogP contribution < -0.4 is 4.98 Å². The minimum absolute atomic E-state index is 0.0908. The fourth-order valence-corrected chi connectivity index (χ4v) is 3.21. The van der Waals surface area contributed by atoms with E-state index in [2.05, 4.69) is 19.9 Å². The second kappa shape index (κ2) is 4.35. The Labute approximate surface area is 108 Å². The van der Waals surface area contributed by atoms with Gasteiger partial charge in [-0.3, -0.25) is 10.1 Å². The Morgan fingerprint density at radius 3 is 3.17 bits per heavy atom. The number of hydrogen-bond acceptors (Lipinski definition) is 6. The van der Waals surface area contributed by atoms with Gasteiger partial charge in [0.15, 0.2) is 5.65 Å². The lowest BCUT2D eigenvalue weighted by atomic mass is 10.4. The maximum absolute atomic E-state index is 10.6. The third kappa shape index (κ3) is 2.05. The van der Waals surface area contributed by atoms with E-state index >= 15 is 0 Å². The van der Waals surface area contributed by atoms with Gasteiger partial charge >= 0.3 is 9.34 Å². The molecular formula is C9H6N5O2S2+. The first-order chi connectivity index (χ1) is 8.72. The third-order valence-electron chi connectivity index (χ3n) is 2.15. The number of pyridine rings is 1. The van der Waals surface area contributed by atoms with Crippen LogP contribution in [0.4, 0.5) is 5.00 Å². The Morgan fingerprint density at radius 1 is 1.50 bits per heavy atom. The molecule has 0 aliphatic rings. The Bertz CT molecular complexity index is 722. The maximum atomic E-state index is 10.6. The zero-order valence-electron chi connectivity index (χ0n) is 8.78. The van der Waals surface area contributed by atoms with Crippen molar-refractivity contribution in [2.24, 2.45) is 0 Å². The summed E-state index contributed by atoms with van der Waals surface area (Å²) in [6.45, 7) is 0. The van der Waals surface area contributed by atoms with Crippen molar-refractivity contribution >= 4 is 39.3 Å². The van der Waals surface area contributed by atoms with Crippen molar-refractivity contribution in [1.82, 2.24) is 15.0 Å². The molecule has 0 unspecified atom stereocenters. The van der Waals surface area contributed by atoms with Crippen molar-refractivity contribution in [3.63, 3.8) is 0 Å². The van der Waals surface area contributed by atoms with Crippen molar-refractivity contribution < 1.29 is 9.91 Å². The van der Waals surface area contributed by atoms with E-state index in [0.717, 1.165) is 26.1 Å². The molecule has 0 saturated carbocycles. The van der Waals surface area contributed by atoms with Crippen molar-refractivity contribution in [3.8, 4) is 0 Å². The summed E-state index contributed by atoms with van der Waals surface area (Å²) in [7, 11) is 0. The van der Waals surface area contributed by atoms with E-state index in [0.29, 0.717) is 5.65 Å². The minimum atomic E-state index is -0.415. The lowest BCUT2D eigenvalue weighted by Crippen LogP contribution is -1.96. The largest absolute Gasteiger partial charge is 0.393 e. The van der Waals surface area contributed by atoms with Crippen LogP contribution in [-0.2, 0) is 0 Å². The highest BCUT2D eigenvalue weighted by molar-refractivity contribution is 8.01. The molecule has 0 aliphatic carbocycles. The first kappa shape index (κ1) is 11.1. The normalized spacial score (nSPS) is 10.9. The fraction of sp³-hybridized carbons (Fsp3) is 0. The third-order valence-corrected chi connectivity index (χ3v) is 4.19. The number of aromatic amines is 2. The lowest BCUT2D eigenvalue weighted by molar-refractivity contribution is -0.433. The first-order valence-corrected chi connectivity index (χ1v) is 6.48. The van der Waals surface area contributed by atoms with Gasteiger partial charge in [0.2, 0.25) is 0 Å². The van der Waals surface area contributed by atoms with Crippen LogP contribution in [0.5, 0.6) is 0 Å². The topological polar surface area (TPSA) is 98.8 Å². The van der Waals surface area contributed by atoms with Crippen LogP contribution in [0.25, 0.3) is 11.2 Å². The molecule has 0 amide bonds. The quantitative estimate of drug-likeness (QED) is 0.583. The molecule has 3 aromatic rings. The van der Waals surface area contributed by atoms with Gasteiger partial charge in [-0.25, -0.2) is 9.97 Å². The second-order valence-electron chi connectivity index (χ2n) is 3.32. The Balaban J connectivity index is 1.88. The molecule has 0 atom stereocenters. The molecule has 7 nitrogen and oxygen atoms in total. The summed E-state index contributed by atoms with van der Waals surface area (Å²) >= 11 is 2.49. The lowest BCUT2D eigenvalue weighted by Gasteiger charge is -1.93. The van der Waals surface area contributed by atoms with Crippen LogP contribution in [0.2, 0.25) is 0 Å². The molecule has 0 radical (unpaired) electrons. The summed E-state index contributed by atoms with van der Waals surface area (Å²) in [6.07, 6.45) is 4.65.